The van der Waals surface area contributed by atoms with Crippen molar-refractivity contribution in [3.63, 3.8) is 0 Å². The SMILES string of the molecule is CCC/C(C(=N)C(F)(F)F)=C(\CC)Nc1ccc(S(N)(=O)=O)cc1C(=O)N1CCOCC1. The number of rotatable bonds is 8. The summed E-state index contributed by atoms with van der Waals surface area (Å²) in [6.07, 6.45) is -4.30. The zero-order chi connectivity index (χ0) is 24.1. The fourth-order valence-corrected chi connectivity index (χ4v) is 3.85. The Morgan fingerprint density at radius 3 is 2.38 bits per heavy atom. The highest BCUT2D eigenvalue weighted by molar-refractivity contribution is 7.89. The normalized spacial score (nSPS) is 15.9. The number of amides is 1. The topological polar surface area (TPSA) is 126 Å². The molecule has 1 aromatic rings. The second kappa shape index (κ2) is 10.5. The maximum Gasteiger partial charge on any atom is 0.432 e. The summed E-state index contributed by atoms with van der Waals surface area (Å²) in [5, 5.41) is 15.7. The molecule has 0 spiro atoms. The van der Waals surface area contributed by atoms with E-state index in [1.165, 1.54) is 17.0 Å². The Hall–Kier alpha value is -2.44. The van der Waals surface area contributed by atoms with Crippen LogP contribution in [0.1, 0.15) is 43.5 Å². The third-order valence-electron chi connectivity index (χ3n) is 4.94. The molecule has 1 aliphatic heterocycles. The van der Waals surface area contributed by atoms with Crippen LogP contribution in [0.25, 0.3) is 0 Å². The average Bonchev–Trinajstić information content (AvgIpc) is 2.74. The molecule has 0 aliphatic carbocycles. The van der Waals surface area contributed by atoms with Gasteiger partial charge in [-0.2, -0.15) is 13.2 Å². The summed E-state index contributed by atoms with van der Waals surface area (Å²) < 4.78 is 68.6. The van der Waals surface area contributed by atoms with E-state index in [-0.39, 0.29) is 53.3 Å². The van der Waals surface area contributed by atoms with Crippen molar-refractivity contribution < 1.29 is 31.1 Å². The number of carbonyl (C=O) groups excluding carboxylic acids is 1. The van der Waals surface area contributed by atoms with E-state index in [1.54, 1.807) is 13.8 Å². The van der Waals surface area contributed by atoms with Gasteiger partial charge in [0.05, 0.1) is 29.4 Å². The smallest absolute Gasteiger partial charge is 0.378 e. The Morgan fingerprint density at radius 1 is 1.25 bits per heavy atom. The third kappa shape index (κ3) is 6.30. The van der Waals surface area contributed by atoms with Gasteiger partial charge >= 0.3 is 6.18 Å². The van der Waals surface area contributed by atoms with Crippen molar-refractivity contribution in [2.24, 2.45) is 5.14 Å². The van der Waals surface area contributed by atoms with Crippen molar-refractivity contribution >= 4 is 27.3 Å². The van der Waals surface area contributed by atoms with Crippen molar-refractivity contribution in [1.29, 1.82) is 5.41 Å². The van der Waals surface area contributed by atoms with Crippen LogP contribution in [-0.2, 0) is 14.8 Å². The number of benzene rings is 1. The van der Waals surface area contributed by atoms with Gasteiger partial charge in [0.25, 0.3) is 5.91 Å². The number of morpholine rings is 1. The lowest BCUT2D eigenvalue weighted by molar-refractivity contribution is -0.0591. The van der Waals surface area contributed by atoms with Crippen LogP contribution < -0.4 is 10.5 Å². The molecule has 2 rings (SSSR count). The number of allylic oxidation sites excluding steroid dienone is 2. The van der Waals surface area contributed by atoms with E-state index in [4.69, 9.17) is 15.3 Å². The lowest BCUT2D eigenvalue weighted by Gasteiger charge is -2.28. The molecule has 8 nitrogen and oxygen atoms in total. The average molecular weight is 477 g/mol. The van der Waals surface area contributed by atoms with Gasteiger partial charge in [0.1, 0.15) is 5.71 Å². The largest absolute Gasteiger partial charge is 0.432 e. The predicted molar refractivity (Wildman–Crippen MR) is 114 cm³/mol. The molecule has 1 heterocycles. The molecule has 1 aliphatic rings. The number of nitrogens with one attached hydrogen (secondary N) is 2. The van der Waals surface area contributed by atoms with Crippen molar-refractivity contribution in [2.75, 3.05) is 31.6 Å². The van der Waals surface area contributed by atoms with Crippen LogP contribution in [0.2, 0.25) is 0 Å². The Labute approximate surface area is 185 Å². The number of anilines is 1. The lowest BCUT2D eigenvalue weighted by Crippen LogP contribution is -2.41. The van der Waals surface area contributed by atoms with Crippen molar-refractivity contribution in [1.82, 2.24) is 4.90 Å². The van der Waals surface area contributed by atoms with Gasteiger partial charge in [-0.15, -0.1) is 0 Å². The van der Waals surface area contributed by atoms with Gasteiger partial charge in [0.15, 0.2) is 0 Å². The fraction of sp³-hybridized carbons (Fsp3) is 0.500. The molecule has 1 fully saturated rings. The fourth-order valence-electron chi connectivity index (χ4n) is 3.31. The summed E-state index contributed by atoms with van der Waals surface area (Å²) in [6.45, 7) is 4.52. The number of halogens is 3. The van der Waals surface area contributed by atoms with Crippen LogP contribution in [0.4, 0.5) is 18.9 Å². The van der Waals surface area contributed by atoms with Gasteiger partial charge in [-0.1, -0.05) is 20.3 Å². The summed E-state index contributed by atoms with van der Waals surface area (Å²) in [4.78, 5) is 14.3. The molecule has 32 heavy (non-hydrogen) atoms. The van der Waals surface area contributed by atoms with E-state index in [2.05, 4.69) is 5.32 Å². The van der Waals surface area contributed by atoms with E-state index in [1.807, 2.05) is 0 Å². The van der Waals surface area contributed by atoms with E-state index in [0.29, 0.717) is 19.6 Å². The summed E-state index contributed by atoms with van der Waals surface area (Å²) in [5.74, 6) is -0.500. The van der Waals surface area contributed by atoms with Crippen LogP contribution in [0.3, 0.4) is 0 Å². The Bertz CT molecular complexity index is 1000. The van der Waals surface area contributed by atoms with Crippen LogP contribution >= 0.6 is 0 Å². The Kier molecular flexibility index (Phi) is 8.43. The number of nitrogens with zero attached hydrogens (tertiary/aromatic N) is 1. The molecule has 0 bridgehead atoms. The van der Waals surface area contributed by atoms with E-state index in [0.717, 1.165) is 6.07 Å². The summed E-state index contributed by atoms with van der Waals surface area (Å²) in [6, 6.07) is 3.58. The van der Waals surface area contributed by atoms with Gasteiger partial charge < -0.3 is 15.0 Å². The first-order valence-electron chi connectivity index (χ1n) is 10.1. The third-order valence-corrected chi connectivity index (χ3v) is 5.85. The second-order valence-electron chi connectivity index (χ2n) is 7.22. The number of hydrogen-bond acceptors (Lipinski definition) is 6. The lowest BCUT2D eigenvalue weighted by atomic mass is 10.00. The van der Waals surface area contributed by atoms with Crippen LogP contribution in [-0.4, -0.2) is 57.4 Å². The molecular weight excluding hydrogens is 449 g/mol. The van der Waals surface area contributed by atoms with Gasteiger partial charge in [0.2, 0.25) is 10.0 Å². The molecular formula is C20H27F3N4O4S. The first-order valence-corrected chi connectivity index (χ1v) is 11.6. The van der Waals surface area contributed by atoms with Gasteiger partial charge in [-0.05, 0) is 31.0 Å². The highest BCUT2D eigenvalue weighted by Crippen LogP contribution is 2.30. The molecule has 1 amide bonds. The number of sulfonamides is 1. The molecule has 0 atom stereocenters. The van der Waals surface area contributed by atoms with Crippen LogP contribution in [0, 0.1) is 5.41 Å². The zero-order valence-corrected chi connectivity index (χ0v) is 18.7. The quantitative estimate of drug-likeness (QED) is 0.497. The molecule has 4 N–H and O–H groups in total. The monoisotopic (exact) mass is 476 g/mol. The highest BCUT2D eigenvalue weighted by Gasteiger charge is 2.37. The number of ether oxygens (including phenoxy) is 1. The molecule has 0 unspecified atom stereocenters. The predicted octanol–water partition coefficient (Wildman–Crippen LogP) is 3.26. The van der Waals surface area contributed by atoms with Crippen LogP contribution in [0.5, 0.6) is 0 Å². The standard InChI is InChI=1S/C20H27F3N4O4S/c1-3-5-14(18(24)20(21,22)23)16(4-2)26-17-7-6-13(32(25,29)30)12-15(17)19(28)27-8-10-31-11-9-27/h6-7,12,24,26H,3-5,8-11H2,1-2H3,(H2,25,29,30)/b16-14-,24-18?. The minimum Gasteiger partial charge on any atom is -0.378 e. The first kappa shape index (κ1) is 25.8. The number of primary sulfonamides is 1. The first-order chi connectivity index (χ1) is 14.9. The van der Waals surface area contributed by atoms with Gasteiger partial charge in [0, 0.05) is 24.4 Å². The second-order valence-corrected chi connectivity index (χ2v) is 8.78. The number of carbonyl (C=O) groups is 1. The zero-order valence-electron chi connectivity index (χ0n) is 17.9. The number of hydrogen-bond donors (Lipinski definition) is 3. The number of alkyl halides is 3. The molecule has 0 saturated carbocycles. The van der Waals surface area contributed by atoms with Gasteiger partial charge in [-0.3, -0.25) is 10.2 Å². The van der Waals surface area contributed by atoms with Crippen molar-refractivity contribution in [3.8, 4) is 0 Å². The Balaban J connectivity index is 2.58. The minimum absolute atomic E-state index is 0.0104. The summed E-state index contributed by atoms with van der Waals surface area (Å²) in [7, 11) is -4.12. The summed E-state index contributed by atoms with van der Waals surface area (Å²) in [5.41, 5.74) is -1.43. The summed E-state index contributed by atoms with van der Waals surface area (Å²) >= 11 is 0. The van der Waals surface area contributed by atoms with Crippen molar-refractivity contribution in [3.05, 3.63) is 35.0 Å². The van der Waals surface area contributed by atoms with E-state index in [9.17, 15) is 26.4 Å². The van der Waals surface area contributed by atoms with E-state index >= 15 is 0 Å². The Morgan fingerprint density at radius 2 is 1.88 bits per heavy atom. The number of nitrogens with two attached hydrogens (primary N) is 1. The van der Waals surface area contributed by atoms with E-state index < -0.39 is 27.8 Å². The molecule has 1 aromatic carbocycles. The molecule has 178 valence electrons. The maximum absolute atomic E-state index is 13.3. The molecule has 0 radical (unpaired) electrons. The highest BCUT2D eigenvalue weighted by atomic mass is 32.2. The molecule has 0 aromatic heterocycles. The minimum atomic E-state index is -4.82. The van der Waals surface area contributed by atoms with Gasteiger partial charge in [-0.25, -0.2) is 13.6 Å². The molecule has 12 heteroatoms. The maximum atomic E-state index is 13.3. The van der Waals surface area contributed by atoms with Crippen molar-refractivity contribution in [2.45, 2.75) is 44.2 Å². The van der Waals surface area contributed by atoms with Crippen LogP contribution in [0.15, 0.2) is 34.4 Å². The molecule has 1 saturated heterocycles.